The van der Waals surface area contributed by atoms with Crippen LogP contribution in [-0.2, 0) is 9.59 Å². The van der Waals surface area contributed by atoms with E-state index < -0.39 is 5.97 Å². The number of amides is 1. The minimum Gasteiger partial charge on any atom is -0.480 e. The number of likely N-dealkylation sites (N-methyl/N-ethyl adjacent to an activating group) is 1. The first-order chi connectivity index (χ1) is 11.5. The second-order valence-electron chi connectivity index (χ2n) is 5.75. The zero-order valence-corrected chi connectivity index (χ0v) is 15.1. The predicted molar refractivity (Wildman–Crippen MR) is 101 cm³/mol. The largest absolute Gasteiger partial charge is 0.480 e. The fraction of sp³-hybridized carbons (Fsp3) is 0.263. The minimum absolute atomic E-state index is 0. The van der Waals surface area contributed by atoms with Gasteiger partial charge < -0.3 is 10.4 Å². The number of hydrogen-bond donors (Lipinski definition) is 2. The Balaban J connectivity index is 0.00000312. The maximum atomic E-state index is 11.7. The first kappa shape index (κ1) is 20.7. The number of halogens is 1. The van der Waals surface area contributed by atoms with E-state index in [0.717, 1.165) is 16.7 Å². The Morgan fingerprint density at radius 3 is 2.16 bits per heavy atom. The van der Waals surface area contributed by atoms with Crippen molar-refractivity contribution in [3.63, 3.8) is 0 Å². The van der Waals surface area contributed by atoms with Crippen molar-refractivity contribution in [3.8, 4) is 11.1 Å². The average Bonchev–Trinajstić information content (AvgIpc) is 2.60. The van der Waals surface area contributed by atoms with Gasteiger partial charge in [-0.1, -0.05) is 54.6 Å². The third kappa shape index (κ3) is 6.21. The number of aliphatic carboxylic acids is 1. The first-order valence-electron chi connectivity index (χ1n) is 7.81. The van der Waals surface area contributed by atoms with E-state index in [4.69, 9.17) is 5.11 Å². The Hall–Kier alpha value is -2.37. The fourth-order valence-corrected chi connectivity index (χ4v) is 2.43. The van der Waals surface area contributed by atoms with Crippen LogP contribution in [0.3, 0.4) is 0 Å². The summed E-state index contributed by atoms with van der Waals surface area (Å²) >= 11 is 0. The molecule has 0 aromatic heterocycles. The number of nitrogens with one attached hydrogen (secondary N) is 1. The highest BCUT2D eigenvalue weighted by Gasteiger charge is 2.15. The molecule has 0 heterocycles. The predicted octanol–water partition coefficient (Wildman–Crippen LogP) is 2.97. The van der Waals surface area contributed by atoms with Gasteiger partial charge in [0, 0.05) is 6.04 Å². The lowest BCUT2D eigenvalue weighted by molar-refractivity contribution is -0.138. The van der Waals surface area contributed by atoms with Crippen molar-refractivity contribution in [2.75, 3.05) is 20.1 Å². The van der Waals surface area contributed by atoms with Gasteiger partial charge in [0.25, 0.3) is 0 Å². The van der Waals surface area contributed by atoms with Gasteiger partial charge in [-0.25, -0.2) is 0 Å². The number of nitrogens with zero attached hydrogens (tertiary/aromatic N) is 1. The van der Waals surface area contributed by atoms with Crippen LogP contribution in [0.25, 0.3) is 11.1 Å². The van der Waals surface area contributed by atoms with Crippen LogP contribution in [0.2, 0.25) is 0 Å². The maximum absolute atomic E-state index is 11.7. The van der Waals surface area contributed by atoms with Crippen LogP contribution in [0.1, 0.15) is 18.5 Å². The smallest absolute Gasteiger partial charge is 0.322 e. The monoisotopic (exact) mass is 362 g/mol. The topological polar surface area (TPSA) is 69.6 Å². The third-order valence-corrected chi connectivity index (χ3v) is 3.99. The fourth-order valence-electron chi connectivity index (χ4n) is 2.43. The zero-order valence-electron chi connectivity index (χ0n) is 14.3. The van der Waals surface area contributed by atoms with E-state index in [1.54, 1.807) is 0 Å². The maximum Gasteiger partial charge on any atom is 0.322 e. The van der Waals surface area contributed by atoms with Crippen molar-refractivity contribution in [1.29, 1.82) is 0 Å². The summed E-state index contributed by atoms with van der Waals surface area (Å²) in [5.41, 5.74) is 3.41. The highest BCUT2D eigenvalue weighted by atomic mass is 35.5. The van der Waals surface area contributed by atoms with Crippen LogP contribution < -0.4 is 5.32 Å². The van der Waals surface area contributed by atoms with Crippen LogP contribution in [0, 0.1) is 0 Å². The summed E-state index contributed by atoms with van der Waals surface area (Å²) in [6.07, 6.45) is 0. The van der Waals surface area contributed by atoms with Gasteiger partial charge in [-0.2, -0.15) is 0 Å². The second-order valence-corrected chi connectivity index (χ2v) is 5.75. The molecule has 2 aromatic rings. The minimum atomic E-state index is -1.05. The molecule has 6 heteroatoms. The SMILES string of the molecule is CC(c1ccc(-c2ccccc2)cc1)N(C)CC(=O)NCC(=O)O.Cl. The molecule has 1 unspecified atom stereocenters. The summed E-state index contributed by atoms with van der Waals surface area (Å²) in [6, 6.07) is 18.4. The summed E-state index contributed by atoms with van der Waals surface area (Å²) in [7, 11) is 1.84. The molecule has 0 bridgehead atoms. The lowest BCUT2D eigenvalue weighted by Gasteiger charge is -2.24. The van der Waals surface area contributed by atoms with E-state index in [2.05, 4.69) is 41.7 Å². The summed E-state index contributed by atoms with van der Waals surface area (Å²) in [4.78, 5) is 24.1. The van der Waals surface area contributed by atoms with E-state index in [0.29, 0.717) is 0 Å². The second kappa shape index (κ2) is 9.81. The van der Waals surface area contributed by atoms with Crippen molar-refractivity contribution < 1.29 is 14.7 Å². The molecule has 0 saturated heterocycles. The first-order valence-corrected chi connectivity index (χ1v) is 7.81. The van der Waals surface area contributed by atoms with Crippen LogP contribution in [-0.4, -0.2) is 42.0 Å². The van der Waals surface area contributed by atoms with Gasteiger partial charge in [-0.05, 0) is 30.7 Å². The van der Waals surface area contributed by atoms with Gasteiger partial charge in [0.2, 0.25) is 5.91 Å². The normalized spacial score (nSPS) is 11.5. The van der Waals surface area contributed by atoms with Crippen LogP contribution in [0.4, 0.5) is 0 Å². The molecule has 1 atom stereocenters. The number of hydrogen-bond acceptors (Lipinski definition) is 3. The van der Waals surface area contributed by atoms with Crippen molar-refractivity contribution in [3.05, 3.63) is 60.2 Å². The van der Waals surface area contributed by atoms with Crippen molar-refractivity contribution in [1.82, 2.24) is 10.2 Å². The lowest BCUT2D eigenvalue weighted by Crippen LogP contribution is -2.38. The van der Waals surface area contributed by atoms with Crippen LogP contribution in [0.15, 0.2) is 54.6 Å². The molecule has 0 aliphatic rings. The highest BCUT2D eigenvalue weighted by molar-refractivity contribution is 5.85. The number of carboxylic acids is 1. The van der Waals surface area contributed by atoms with Crippen molar-refractivity contribution >= 4 is 24.3 Å². The Labute approximate surface area is 154 Å². The molecule has 0 fully saturated rings. The van der Waals surface area contributed by atoms with E-state index in [1.807, 2.05) is 37.1 Å². The van der Waals surface area contributed by atoms with Crippen LogP contribution in [0.5, 0.6) is 0 Å². The summed E-state index contributed by atoms with van der Waals surface area (Å²) < 4.78 is 0. The average molecular weight is 363 g/mol. The lowest BCUT2D eigenvalue weighted by atomic mass is 10.0. The number of carbonyl (C=O) groups is 2. The van der Waals surface area contributed by atoms with E-state index >= 15 is 0 Å². The molecule has 25 heavy (non-hydrogen) atoms. The van der Waals surface area contributed by atoms with Crippen LogP contribution >= 0.6 is 12.4 Å². The summed E-state index contributed by atoms with van der Waals surface area (Å²) in [6.45, 7) is 1.81. The zero-order chi connectivity index (χ0) is 17.5. The van der Waals surface area contributed by atoms with E-state index in [1.165, 1.54) is 0 Å². The van der Waals surface area contributed by atoms with Gasteiger partial charge in [0.15, 0.2) is 0 Å². The van der Waals surface area contributed by atoms with Crippen molar-refractivity contribution in [2.24, 2.45) is 0 Å². The Morgan fingerprint density at radius 2 is 1.60 bits per heavy atom. The Kier molecular flexibility index (Phi) is 8.11. The molecule has 1 amide bonds. The summed E-state index contributed by atoms with van der Waals surface area (Å²) in [5.74, 6) is -1.34. The molecule has 0 saturated carbocycles. The molecule has 0 aliphatic heterocycles. The number of carboxylic acid groups (broad SMARTS) is 1. The quantitative estimate of drug-likeness (QED) is 0.794. The molecule has 2 aromatic carbocycles. The standard InChI is InChI=1S/C19H22N2O3.ClH/c1-14(21(2)13-18(22)20-12-19(23)24)15-8-10-17(11-9-15)16-6-4-3-5-7-16;/h3-11,14H,12-13H2,1-2H3,(H,20,22)(H,23,24);1H. The molecule has 0 aliphatic carbocycles. The number of rotatable bonds is 7. The van der Waals surface area contributed by atoms with Gasteiger partial charge in [0.05, 0.1) is 6.54 Å². The molecule has 2 rings (SSSR count). The van der Waals surface area contributed by atoms with E-state index in [9.17, 15) is 9.59 Å². The molecule has 2 N–H and O–H groups in total. The van der Waals surface area contributed by atoms with Crippen molar-refractivity contribution in [2.45, 2.75) is 13.0 Å². The highest BCUT2D eigenvalue weighted by Crippen LogP contribution is 2.23. The Bertz CT molecular complexity index is 690. The van der Waals surface area contributed by atoms with E-state index in [-0.39, 0.29) is 37.4 Å². The molecule has 5 nitrogen and oxygen atoms in total. The molecule has 0 radical (unpaired) electrons. The number of benzene rings is 2. The van der Waals surface area contributed by atoms with Gasteiger partial charge in [0.1, 0.15) is 6.54 Å². The molecular weight excluding hydrogens is 340 g/mol. The van der Waals surface area contributed by atoms with Gasteiger partial charge in [-0.3, -0.25) is 14.5 Å². The Morgan fingerprint density at radius 1 is 1.04 bits per heavy atom. The third-order valence-electron chi connectivity index (χ3n) is 3.99. The van der Waals surface area contributed by atoms with Gasteiger partial charge >= 0.3 is 5.97 Å². The molecule has 134 valence electrons. The molecule has 0 spiro atoms. The number of carbonyl (C=O) groups excluding carboxylic acids is 1. The molecular formula is C19H23ClN2O3. The summed E-state index contributed by atoms with van der Waals surface area (Å²) in [5, 5.41) is 10.9. The van der Waals surface area contributed by atoms with Gasteiger partial charge in [-0.15, -0.1) is 12.4 Å².